The van der Waals surface area contributed by atoms with Gasteiger partial charge in [-0.25, -0.2) is 0 Å². The summed E-state index contributed by atoms with van der Waals surface area (Å²) in [6.45, 7) is 4.18. The van der Waals surface area contributed by atoms with Crippen LogP contribution in [0.1, 0.15) is 19.4 Å². The average molecular weight is 242 g/mol. The van der Waals surface area contributed by atoms with Crippen LogP contribution < -0.4 is 0 Å². The van der Waals surface area contributed by atoms with Gasteiger partial charge in [-0.05, 0) is 24.1 Å². The highest BCUT2D eigenvalue weighted by Gasteiger charge is 2.12. The van der Waals surface area contributed by atoms with Crippen LogP contribution in [0.5, 0.6) is 5.75 Å². The van der Waals surface area contributed by atoms with Crippen molar-refractivity contribution in [2.45, 2.75) is 26.3 Å². The van der Waals surface area contributed by atoms with Crippen molar-refractivity contribution in [1.82, 2.24) is 0 Å². The molecule has 1 aliphatic carbocycles. The van der Waals surface area contributed by atoms with E-state index in [-0.39, 0.29) is 11.8 Å². The lowest BCUT2D eigenvalue weighted by Gasteiger charge is -2.14. The Kier molecular flexibility index (Phi) is 3.92. The molecule has 0 saturated carbocycles. The molecule has 94 valence electrons. The molecule has 0 aliphatic heterocycles. The molecule has 0 aromatic heterocycles. The summed E-state index contributed by atoms with van der Waals surface area (Å²) in [7, 11) is 0. The third-order valence-corrected chi connectivity index (χ3v) is 3.12. The van der Waals surface area contributed by atoms with Crippen molar-refractivity contribution in [2.24, 2.45) is 16.1 Å². The van der Waals surface area contributed by atoms with Crippen LogP contribution in [-0.2, 0) is 6.42 Å². The van der Waals surface area contributed by atoms with E-state index in [1.165, 1.54) is 0 Å². The highest BCUT2D eigenvalue weighted by Crippen LogP contribution is 2.29. The fraction of sp³-hybridized carbons (Fsp3) is 0.333. The minimum atomic E-state index is 0.0553. The number of azo groups is 1. The zero-order valence-corrected chi connectivity index (χ0v) is 10.7. The number of hydrogen-bond acceptors (Lipinski definition) is 3. The Hall–Kier alpha value is -1.90. The van der Waals surface area contributed by atoms with Crippen LogP contribution in [0.25, 0.3) is 0 Å². The van der Waals surface area contributed by atoms with Crippen molar-refractivity contribution in [3.05, 3.63) is 48.1 Å². The van der Waals surface area contributed by atoms with Crippen LogP contribution in [0.4, 0.5) is 5.69 Å². The Morgan fingerprint density at radius 2 is 2.00 bits per heavy atom. The van der Waals surface area contributed by atoms with Crippen LogP contribution in [0.15, 0.2) is 52.7 Å². The van der Waals surface area contributed by atoms with E-state index in [4.69, 9.17) is 0 Å². The van der Waals surface area contributed by atoms with Gasteiger partial charge in [0.2, 0.25) is 0 Å². The minimum absolute atomic E-state index is 0.0553. The first-order valence-electron chi connectivity index (χ1n) is 6.28. The van der Waals surface area contributed by atoms with Crippen LogP contribution >= 0.6 is 0 Å². The lowest BCUT2D eigenvalue weighted by Crippen LogP contribution is -2.11. The Bertz CT molecular complexity index is 503. The first-order valence-corrected chi connectivity index (χ1v) is 6.28. The molecule has 1 aromatic carbocycles. The van der Waals surface area contributed by atoms with Gasteiger partial charge >= 0.3 is 0 Å². The highest BCUT2D eigenvalue weighted by molar-refractivity contribution is 5.52. The number of nitrogens with zero attached hydrogens (tertiary/aromatic N) is 2. The van der Waals surface area contributed by atoms with Gasteiger partial charge < -0.3 is 5.11 Å². The minimum Gasteiger partial charge on any atom is -0.506 e. The number of aryl methyl sites for hydroxylation is 1. The molecule has 0 amide bonds. The molecular weight excluding hydrogens is 224 g/mol. The molecule has 0 radical (unpaired) electrons. The van der Waals surface area contributed by atoms with Gasteiger partial charge in [-0.2, -0.15) is 10.2 Å². The first kappa shape index (κ1) is 12.6. The second-order valence-corrected chi connectivity index (χ2v) is 4.51. The van der Waals surface area contributed by atoms with E-state index in [0.29, 0.717) is 11.6 Å². The maximum absolute atomic E-state index is 9.74. The van der Waals surface area contributed by atoms with Gasteiger partial charge in [0, 0.05) is 5.92 Å². The Morgan fingerprint density at radius 3 is 2.72 bits per heavy atom. The molecule has 0 spiro atoms. The molecule has 18 heavy (non-hydrogen) atoms. The van der Waals surface area contributed by atoms with E-state index in [1.54, 1.807) is 6.07 Å². The number of phenols is 1. The maximum Gasteiger partial charge on any atom is 0.143 e. The number of phenolic OH excluding ortho intramolecular Hbond substituents is 1. The Labute approximate surface area is 108 Å². The van der Waals surface area contributed by atoms with E-state index in [2.05, 4.69) is 30.2 Å². The molecule has 2 rings (SSSR count). The Balaban J connectivity index is 2.18. The topological polar surface area (TPSA) is 45.0 Å². The molecule has 1 N–H and O–H groups in total. The maximum atomic E-state index is 9.74. The molecule has 2 atom stereocenters. The predicted molar refractivity (Wildman–Crippen MR) is 73.2 cm³/mol. The molecule has 1 aromatic rings. The van der Waals surface area contributed by atoms with Gasteiger partial charge in [0.15, 0.2) is 0 Å². The van der Waals surface area contributed by atoms with E-state index < -0.39 is 0 Å². The van der Waals surface area contributed by atoms with Gasteiger partial charge in [0.05, 0.1) is 6.04 Å². The predicted octanol–water partition coefficient (Wildman–Crippen LogP) is 4.17. The van der Waals surface area contributed by atoms with Crippen molar-refractivity contribution >= 4 is 5.69 Å². The third kappa shape index (κ3) is 2.86. The molecule has 0 fully saturated rings. The summed E-state index contributed by atoms with van der Waals surface area (Å²) in [6.07, 6.45) is 9.05. The van der Waals surface area contributed by atoms with Crippen LogP contribution in [0.3, 0.4) is 0 Å². The van der Waals surface area contributed by atoms with E-state index in [9.17, 15) is 5.11 Å². The van der Waals surface area contributed by atoms with Gasteiger partial charge in [0.1, 0.15) is 11.4 Å². The number of benzene rings is 1. The second-order valence-electron chi connectivity index (χ2n) is 4.51. The molecule has 0 saturated heterocycles. The quantitative estimate of drug-likeness (QED) is 0.794. The highest BCUT2D eigenvalue weighted by atomic mass is 16.3. The number of aromatic hydroxyl groups is 1. The summed E-state index contributed by atoms with van der Waals surface area (Å²) in [5.41, 5.74) is 1.69. The lowest BCUT2D eigenvalue weighted by atomic mass is 9.98. The summed E-state index contributed by atoms with van der Waals surface area (Å²) >= 11 is 0. The number of rotatable bonds is 3. The molecule has 3 heteroatoms. The van der Waals surface area contributed by atoms with Gasteiger partial charge in [0.25, 0.3) is 0 Å². The number of allylic oxidation sites excluding steroid dienone is 2. The normalized spacial score (nSPS) is 22.8. The van der Waals surface area contributed by atoms with Crippen molar-refractivity contribution in [2.75, 3.05) is 0 Å². The largest absolute Gasteiger partial charge is 0.506 e. The third-order valence-electron chi connectivity index (χ3n) is 3.12. The van der Waals surface area contributed by atoms with Gasteiger partial charge in [-0.1, -0.05) is 44.2 Å². The van der Waals surface area contributed by atoms with E-state index >= 15 is 0 Å². The monoisotopic (exact) mass is 242 g/mol. The van der Waals surface area contributed by atoms with E-state index in [0.717, 1.165) is 12.0 Å². The summed E-state index contributed by atoms with van der Waals surface area (Å²) in [6, 6.07) is 5.51. The van der Waals surface area contributed by atoms with Crippen molar-refractivity contribution in [3.63, 3.8) is 0 Å². The fourth-order valence-corrected chi connectivity index (χ4v) is 1.85. The summed E-state index contributed by atoms with van der Waals surface area (Å²) in [5, 5.41) is 18.2. The summed E-state index contributed by atoms with van der Waals surface area (Å²) in [4.78, 5) is 0. The standard InChI is InChI=1S/C15H18N2O/c1-3-12-8-9-15(18)14(10-12)17-16-13-7-5-4-6-11(13)2/h4-11,13,18H,3H2,1-2H3. The summed E-state index contributed by atoms with van der Waals surface area (Å²) in [5.74, 6) is 0.522. The molecule has 0 bridgehead atoms. The van der Waals surface area contributed by atoms with Gasteiger partial charge in [-0.3, -0.25) is 0 Å². The molecule has 0 heterocycles. The molecule has 1 aliphatic rings. The zero-order chi connectivity index (χ0) is 13.0. The molecule has 3 nitrogen and oxygen atoms in total. The molecule has 2 unspecified atom stereocenters. The van der Waals surface area contributed by atoms with Crippen molar-refractivity contribution in [3.8, 4) is 5.75 Å². The average Bonchev–Trinajstić information content (AvgIpc) is 2.39. The van der Waals surface area contributed by atoms with Crippen LogP contribution in [-0.4, -0.2) is 11.1 Å². The Morgan fingerprint density at radius 1 is 1.22 bits per heavy atom. The lowest BCUT2D eigenvalue weighted by molar-refractivity contribution is 0.475. The van der Waals surface area contributed by atoms with Crippen LogP contribution in [0.2, 0.25) is 0 Å². The second kappa shape index (κ2) is 5.63. The smallest absolute Gasteiger partial charge is 0.143 e. The van der Waals surface area contributed by atoms with Gasteiger partial charge in [-0.15, -0.1) is 0 Å². The van der Waals surface area contributed by atoms with Crippen molar-refractivity contribution in [1.29, 1.82) is 0 Å². The van der Waals surface area contributed by atoms with E-state index in [1.807, 2.05) is 30.4 Å². The van der Waals surface area contributed by atoms with Crippen LogP contribution in [0, 0.1) is 5.92 Å². The zero-order valence-electron chi connectivity index (χ0n) is 10.7. The van der Waals surface area contributed by atoms with Crippen molar-refractivity contribution < 1.29 is 5.11 Å². The first-order chi connectivity index (χ1) is 8.70. The fourth-order valence-electron chi connectivity index (χ4n) is 1.85. The SMILES string of the molecule is CCc1ccc(O)c(N=NC2C=CC=CC2C)c1. The summed E-state index contributed by atoms with van der Waals surface area (Å²) < 4.78 is 0. The number of hydrogen-bond donors (Lipinski definition) is 1. The molecular formula is C15H18N2O.